The number of anilines is 1. The minimum atomic E-state index is -0.771. The summed E-state index contributed by atoms with van der Waals surface area (Å²) < 4.78 is 20.8. The molecule has 0 fully saturated rings. The zero-order valence-electron chi connectivity index (χ0n) is 11.5. The van der Waals surface area contributed by atoms with E-state index in [2.05, 4.69) is 4.98 Å². The number of ether oxygens (including phenoxy) is 1. The van der Waals surface area contributed by atoms with Gasteiger partial charge >= 0.3 is 5.69 Å². The van der Waals surface area contributed by atoms with E-state index in [9.17, 15) is 14.3 Å². The van der Waals surface area contributed by atoms with Gasteiger partial charge in [-0.25, -0.2) is 9.18 Å². The molecule has 3 N–H and O–H groups in total. The lowest BCUT2D eigenvalue weighted by molar-refractivity contribution is -0.00719. The summed E-state index contributed by atoms with van der Waals surface area (Å²) in [4.78, 5) is 15.5. The van der Waals surface area contributed by atoms with Crippen LogP contribution in [0.1, 0.15) is 11.8 Å². The lowest BCUT2D eigenvalue weighted by Crippen LogP contribution is -2.28. The van der Waals surface area contributed by atoms with E-state index in [4.69, 9.17) is 10.5 Å². The van der Waals surface area contributed by atoms with Crippen LogP contribution >= 0.6 is 0 Å². The van der Waals surface area contributed by atoms with Crippen molar-refractivity contribution in [3.8, 4) is 0 Å². The summed E-state index contributed by atoms with van der Waals surface area (Å²) in [5, 5.41) is 9.46. The molecule has 3 rings (SSSR count). The molecule has 0 aliphatic carbocycles. The molecule has 22 heavy (non-hydrogen) atoms. The third kappa shape index (κ3) is 2.51. The Morgan fingerprint density at radius 2 is 2.14 bits per heavy atom. The van der Waals surface area contributed by atoms with E-state index in [1.807, 2.05) is 0 Å². The number of hydrogen-bond donors (Lipinski definition) is 2. The van der Waals surface area contributed by atoms with E-state index in [1.54, 1.807) is 24.3 Å². The Morgan fingerprint density at radius 3 is 2.82 bits per heavy atom. The third-order valence-corrected chi connectivity index (χ3v) is 3.45. The Balaban J connectivity index is 2.03. The number of halogens is 1. The molecule has 0 radical (unpaired) electrons. The van der Waals surface area contributed by atoms with Gasteiger partial charge in [0.2, 0.25) is 0 Å². The number of benzene rings is 1. The van der Waals surface area contributed by atoms with Crippen molar-refractivity contribution < 1.29 is 14.2 Å². The zero-order chi connectivity index (χ0) is 15.7. The van der Waals surface area contributed by atoms with Gasteiger partial charge in [0.25, 0.3) is 0 Å². The molecule has 1 aliphatic heterocycles. The van der Waals surface area contributed by atoms with Gasteiger partial charge < -0.3 is 15.6 Å². The molecule has 114 valence electrons. The number of nitrogens with zero attached hydrogens (tertiary/aromatic N) is 2. The summed E-state index contributed by atoms with van der Waals surface area (Å²) in [7, 11) is 0. The normalized spacial score (nSPS) is 20.9. The molecule has 0 bridgehead atoms. The predicted octanol–water partition coefficient (Wildman–Crippen LogP) is 0.938. The molecule has 0 saturated carbocycles. The minimum Gasteiger partial charge on any atom is -0.393 e. The van der Waals surface area contributed by atoms with Gasteiger partial charge in [-0.2, -0.15) is 4.98 Å². The van der Waals surface area contributed by atoms with E-state index in [0.29, 0.717) is 11.1 Å². The third-order valence-electron chi connectivity index (χ3n) is 3.45. The average molecular weight is 303 g/mol. The van der Waals surface area contributed by atoms with Crippen molar-refractivity contribution in [3.05, 3.63) is 64.5 Å². The van der Waals surface area contributed by atoms with E-state index >= 15 is 0 Å². The van der Waals surface area contributed by atoms with E-state index in [0.717, 1.165) is 0 Å². The van der Waals surface area contributed by atoms with Crippen molar-refractivity contribution in [1.29, 1.82) is 0 Å². The highest BCUT2D eigenvalue weighted by Crippen LogP contribution is 2.34. The summed E-state index contributed by atoms with van der Waals surface area (Å²) in [6.45, 7) is -0.326. The van der Waals surface area contributed by atoms with Crippen molar-refractivity contribution in [2.45, 2.75) is 12.3 Å². The van der Waals surface area contributed by atoms with Crippen LogP contribution in [-0.4, -0.2) is 27.4 Å². The fourth-order valence-electron chi connectivity index (χ4n) is 2.41. The maximum atomic E-state index is 13.9. The second-order valence-electron chi connectivity index (χ2n) is 4.84. The average Bonchev–Trinajstić information content (AvgIpc) is 2.91. The standard InChI is InChI=1S/C15H14FN3O3/c16-11-4-2-1-3-9(11)10-7-14(22-12(10)8-20)19-6-5-13(17)18-15(19)21/h1-7,12,14,20H,8H2,(H2,17,18,21)/t12-,14-/m1/s1. The number of nitrogens with two attached hydrogens (primary N) is 1. The van der Waals surface area contributed by atoms with Gasteiger partial charge in [-0.15, -0.1) is 0 Å². The van der Waals surface area contributed by atoms with Gasteiger partial charge in [0.15, 0.2) is 6.23 Å². The zero-order valence-corrected chi connectivity index (χ0v) is 11.5. The van der Waals surface area contributed by atoms with Crippen LogP contribution in [0.5, 0.6) is 0 Å². The fraction of sp³-hybridized carbons (Fsp3) is 0.200. The van der Waals surface area contributed by atoms with Gasteiger partial charge in [-0.05, 0) is 23.8 Å². The second kappa shape index (κ2) is 5.70. The van der Waals surface area contributed by atoms with Crippen LogP contribution in [0, 0.1) is 5.82 Å². The topological polar surface area (TPSA) is 90.4 Å². The maximum absolute atomic E-state index is 13.9. The SMILES string of the molecule is Nc1ccn([C@H]2C=C(c3ccccc3F)[C@@H](CO)O2)c(=O)n1. The molecule has 0 unspecified atom stereocenters. The first-order valence-corrected chi connectivity index (χ1v) is 6.67. The number of rotatable bonds is 3. The van der Waals surface area contributed by atoms with Crippen molar-refractivity contribution in [3.63, 3.8) is 0 Å². The molecule has 1 aromatic carbocycles. The van der Waals surface area contributed by atoms with Crippen LogP contribution in [0.2, 0.25) is 0 Å². The molecule has 7 heteroatoms. The van der Waals surface area contributed by atoms with Crippen LogP contribution < -0.4 is 11.4 Å². The van der Waals surface area contributed by atoms with Gasteiger partial charge in [0, 0.05) is 11.8 Å². The van der Waals surface area contributed by atoms with Crippen LogP contribution in [-0.2, 0) is 4.74 Å². The Hall–Kier alpha value is -2.51. The Bertz CT molecular complexity index is 788. The van der Waals surface area contributed by atoms with E-state index < -0.39 is 23.8 Å². The molecule has 1 aromatic heterocycles. The number of aliphatic hydroxyl groups excluding tert-OH is 1. The summed E-state index contributed by atoms with van der Waals surface area (Å²) in [6.07, 6.45) is 1.56. The first-order valence-electron chi connectivity index (χ1n) is 6.67. The molecule has 0 saturated heterocycles. The van der Waals surface area contributed by atoms with Crippen LogP contribution in [0.3, 0.4) is 0 Å². The van der Waals surface area contributed by atoms with Crippen molar-refractivity contribution >= 4 is 11.4 Å². The van der Waals surface area contributed by atoms with Crippen LogP contribution in [0.15, 0.2) is 47.4 Å². The molecule has 6 nitrogen and oxygen atoms in total. The second-order valence-corrected chi connectivity index (χ2v) is 4.84. The number of aliphatic hydroxyl groups is 1. The van der Waals surface area contributed by atoms with Gasteiger partial charge in [-0.3, -0.25) is 4.57 Å². The molecule has 2 heterocycles. The highest BCUT2D eigenvalue weighted by molar-refractivity contribution is 5.71. The summed E-state index contributed by atoms with van der Waals surface area (Å²) >= 11 is 0. The first kappa shape index (κ1) is 14.4. The number of aromatic nitrogens is 2. The Morgan fingerprint density at radius 1 is 1.36 bits per heavy atom. The van der Waals surface area contributed by atoms with Crippen molar-refractivity contribution in [2.24, 2.45) is 0 Å². The Labute approximate surface area is 125 Å². The maximum Gasteiger partial charge on any atom is 0.351 e. The molecular formula is C15H14FN3O3. The van der Waals surface area contributed by atoms with Crippen molar-refractivity contribution in [1.82, 2.24) is 9.55 Å². The molecule has 0 spiro atoms. The van der Waals surface area contributed by atoms with Gasteiger partial charge in [-0.1, -0.05) is 18.2 Å². The number of nitrogen functional groups attached to an aromatic ring is 1. The molecule has 1 aliphatic rings. The highest BCUT2D eigenvalue weighted by Gasteiger charge is 2.30. The molecular weight excluding hydrogens is 289 g/mol. The highest BCUT2D eigenvalue weighted by atomic mass is 19.1. The van der Waals surface area contributed by atoms with Gasteiger partial charge in [0.1, 0.15) is 17.7 Å². The predicted molar refractivity (Wildman–Crippen MR) is 78.3 cm³/mol. The lowest BCUT2D eigenvalue weighted by Gasteiger charge is -2.16. The van der Waals surface area contributed by atoms with Crippen LogP contribution in [0.4, 0.5) is 10.2 Å². The van der Waals surface area contributed by atoms with Crippen LogP contribution in [0.25, 0.3) is 5.57 Å². The smallest absolute Gasteiger partial charge is 0.351 e. The minimum absolute atomic E-state index is 0.108. The van der Waals surface area contributed by atoms with E-state index in [-0.39, 0.29) is 12.4 Å². The Kier molecular flexibility index (Phi) is 3.74. The van der Waals surface area contributed by atoms with E-state index in [1.165, 1.54) is 22.9 Å². The van der Waals surface area contributed by atoms with Gasteiger partial charge in [0.05, 0.1) is 6.61 Å². The summed E-state index contributed by atoms with van der Waals surface area (Å²) in [5.74, 6) is -0.310. The molecule has 2 atom stereocenters. The lowest BCUT2D eigenvalue weighted by atomic mass is 10.0. The largest absolute Gasteiger partial charge is 0.393 e. The fourth-order valence-corrected chi connectivity index (χ4v) is 2.41. The first-order chi connectivity index (χ1) is 10.6. The summed E-state index contributed by atoms with van der Waals surface area (Å²) in [6, 6.07) is 7.66. The molecule has 2 aromatic rings. The van der Waals surface area contributed by atoms with Crippen molar-refractivity contribution in [2.75, 3.05) is 12.3 Å². The monoisotopic (exact) mass is 303 g/mol. The molecule has 0 amide bonds. The number of hydrogen-bond acceptors (Lipinski definition) is 5. The quantitative estimate of drug-likeness (QED) is 0.880. The summed E-state index contributed by atoms with van der Waals surface area (Å²) in [5.41, 5.74) is 5.70.